The molecule has 2 saturated heterocycles. The molecule has 2 bridgehead atoms. The summed E-state index contributed by atoms with van der Waals surface area (Å²) in [7, 11) is 0. The van der Waals surface area contributed by atoms with Gasteiger partial charge < -0.3 is 34.3 Å². The second-order valence-corrected chi connectivity index (χ2v) is 8.85. The summed E-state index contributed by atoms with van der Waals surface area (Å²) < 4.78 is 37.7. The van der Waals surface area contributed by atoms with Gasteiger partial charge in [-0.3, -0.25) is 0 Å². The fraction of sp³-hybridized carbons (Fsp3) is 0.524. The third-order valence-corrected chi connectivity index (χ3v) is 6.60. The molecule has 1 aromatic carbocycles. The molecular formula is C21H22ClFN4O5. The van der Waals surface area contributed by atoms with Crippen LogP contribution in [-0.4, -0.2) is 72.0 Å². The van der Waals surface area contributed by atoms with Crippen LogP contribution < -0.4 is 19.7 Å². The summed E-state index contributed by atoms with van der Waals surface area (Å²) in [6.45, 7) is 3.98. The van der Waals surface area contributed by atoms with E-state index in [4.69, 9.17) is 30.5 Å². The van der Waals surface area contributed by atoms with Crippen LogP contribution >= 0.6 is 11.6 Å². The number of aliphatic hydroxyl groups excluding tert-OH is 1. The van der Waals surface area contributed by atoms with Crippen LogP contribution in [0.15, 0.2) is 12.3 Å². The van der Waals surface area contributed by atoms with E-state index in [0.29, 0.717) is 55.5 Å². The van der Waals surface area contributed by atoms with Crippen molar-refractivity contribution in [2.24, 2.45) is 0 Å². The molecule has 2 fully saturated rings. The van der Waals surface area contributed by atoms with E-state index in [1.54, 1.807) is 0 Å². The van der Waals surface area contributed by atoms with Gasteiger partial charge in [0.15, 0.2) is 23.6 Å². The van der Waals surface area contributed by atoms with E-state index in [0.717, 1.165) is 0 Å². The molecule has 5 atom stereocenters. The number of anilines is 2. The monoisotopic (exact) mass is 464 g/mol. The predicted molar refractivity (Wildman–Crippen MR) is 113 cm³/mol. The van der Waals surface area contributed by atoms with Gasteiger partial charge in [-0.2, -0.15) is 0 Å². The zero-order valence-corrected chi connectivity index (χ0v) is 18.0. The van der Waals surface area contributed by atoms with E-state index in [-0.39, 0.29) is 34.9 Å². The van der Waals surface area contributed by atoms with E-state index in [2.05, 4.69) is 20.2 Å². The third-order valence-electron chi connectivity index (χ3n) is 6.32. The molecule has 170 valence electrons. The van der Waals surface area contributed by atoms with Gasteiger partial charge in [0.05, 0.1) is 48.3 Å². The first kappa shape index (κ1) is 20.2. The molecule has 4 aliphatic heterocycles. The van der Waals surface area contributed by atoms with Gasteiger partial charge in [-0.1, -0.05) is 11.6 Å². The van der Waals surface area contributed by atoms with E-state index < -0.39 is 18.2 Å². The van der Waals surface area contributed by atoms with Gasteiger partial charge in [0.2, 0.25) is 5.95 Å². The maximum atomic E-state index is 15.0. The number of benzene rings is 1. The van der Waals surface area contributed by atoms with E-state index in [1.165, 1.54) is 12.3 Å². The highest BCUT2D eigenvalue weighted by molar-refractivity contribution is 6.33. The van der Waals surface area contributed by atoms with Crippen molar-refractivity contribution < 1.29 is 28.4 Å². The van der Waals surface area contributed by atoms with Crippen LogP contribution in [0.5, 0.6) is 11.5 Å². The topological polar surface area (TPSA) is 98.2 Å². The molecule has 5 heterocycles. The van der Waals surface area contributed by atoms with Crippen molar-refractivity contribution in [1.29, 1.82) is 0 Å². The smallest absolute Gasteiger partial charge is 0.223 e. The minimum absolute atomic E-state index is 0.0884. The highest BCUT2D eigenvalue weighted by Crippen LogP contribution is 2.51. The van der Waals surface area contributed by atoms with Crippen LogP contribution in [-0.2, 0) is 9.47 Å². The molecular weight excluding hydrogens is 443 g/mol. The number of nitrogens with zero attached hydrogens (tertiary/aromatic N) is 3. The zero-order chi connectivity index (χ0) is 22.0. The lowest BCUT2D eigenvalue weighted by atomic mass is 10.0. The summed E-state index contributed by atoms with van der Waals surface area (Å²) >= 11 is 6.44. The minimum atomic E-state index is -0.866. The highest BCUT2D eigenvalue weighted by atomic mass is 35.5. The average Bonchev–Trinajstić information content (AvgIpc) is 3.21. The first-order chi connectivity index (χ1) is 15.5. The van der Waals surface area contributed by atoms with Gasteiger partial charge >= 0.3 is 0 Å². The standard InChI is InChI=1S/C21H22ClFN4O5/c1-9-7-30-18-11(5-13(23)19-16(18)27(9)2-3-29-19)15-12(22)6-24-21(26-15)25-14-4-10-8-31-20(32-10)17(14)28/h5-6,9-10,14,17,20,28H,2-4,7-8H2,1H3,(H,24,25,26)/t9-,10+,14-,17+,20-/m1/s1. The molecule has 32 heavy (non-hydrogen) atoms. The third kappa shape index (κ3) is 3.16. The Labute approximate surface area is 188 Å². The van der Waals surface area contributed by atoms with Crippen molar-refractivity contribution in [3.05, 3.63) is 23.1 Å². The van der Waals surface area contributed by atoms with Crippen molar-refractivity contribution in [2.75, 3.05) is 36.6 Å². The number of hydrogen-bond acceptors (Lipinski definition) is 9. The summed E-state index contributed by atoms with van der Waals surface area (Å²) in [6, 6.07) is 1.07. The first-order valence-electron chi connectivity index (χ1n) is 10.6. The van der Waals surface area contributed by atoms with Crippen molar-refractivity contribution in [1.82, 2.24) is 9.97 Å². The fourth-order valence-corrected chi connectivity index (χ4v) is 4.93. The number of fused-ring (bicyclic) bond motifs is 2. The summed E-state index contributed by atoms with van der Waals surface area (Å²) in [4.78, 5) is 10.9. The number of halogens is 2. The lowest BCUT2D eigenvalue weighted by molar-refractivity contribution is -0.156. The Morgan fingerprint density at radius 1 is 1.28 bits per heavy atom. The number of rotatable bonds is 3. The molecule has 0 unspecified atom stereocenters. The molecule has 0 radical (unpaired) electrons. The van der Waals surface area contributed by atoms with E-state index >= 15 is 4.39 Å². The summed E-state index contributed by atoms with van der Waals surface area (Å²) in [5.74, 6) is 0.436. The van der Waals surface area contributed by atoms with Crippen molar-refractivity contribution in [2.45, 2.75) is 43.9 Å². The molecule has 6 rings (SSSR count). The zero-order valence-electron chi connectivity index (χ0n) is 17.3. The molecule has 11 heteroatoms. The number of aliphatic hydroxyl groups is 1. The molecule has 2 N–H and O–H groups in total. The van der Waals surface area contributed by atoms with Gasteiger partial charge in [0, 0.05) is 5.56 Å². The van der Waals surface area contributed by atoms with Crippen LogP contribution in [0.2, 0.25) is 5.02 Å². The highest BCUT2D eigenvalue weighted by Gasteiger charge is 2.43. The van der Waals surface area contributed by atoms with Crippen LogP contribution in [0.25, 0.3) is 11.3 Å². The Hall–Kier alpha value is -2.40. The van der Waals surface area contributed by atoms with Crippen LogP contribution in [0.4, 0.5) is 16.0 Å². The number of nitrogens with one attached hydrogen (secondary N) is 1. The predicted octanol–water partition coefficient (Wildman–Crippen LogP) is 2.20. The average molecular weight is 465 g/mol. The largest absolute Gasteiger partial charge is 0.488 e. The summed E-state index contributed by atoms with van der Waals surface area (Å²) in [5, 5.41) is 13.9. The molecule has 1 aromatic heterocycles. The minimum Gasteiger partial charge on any atom is -0.488 e. The molecule has 4 aliphatic rings. The van der Waals surface area contributed by atoms with E-state index in [1.807, 2.05) is 6.92 Å². The molecule has 0 aliphatic carbocycles. The lowest BCUT2D eigenvalue weighted by Crippen LogP contribution is -2.48. The maximum Gasteiger partial charge on any atom is 0.223 e. The fourth-order valence-electron chi connectivity index (χ4n) is 4.74. The Bertz CT molecular complexity index is 1070. The Kier molecular flexibility index (Phi) is 4.79. The lowest BCUT2D eigenvalue weighted by Gasteiger charge is -2.41. The van der Waals surface area contributed by atoms with Crippen LogP contribution in [0.1, 0.15) is 13.3 Å². The number of ether oxygens (including phenoxy) is 4. The Morgan fingerprint density at radius 2 is 2.16 bits per heavy atom. The van der Waals surface area contributed by atoms with Gasteiger partial charge in [-0.05, 0) is 19.4 Å². The van der Waals surface area contributed by atoms with Gasteiger partial charge in [-0.25, -0.2) is 14.4 Å². The van der Waals surface area contributed by atoms with Gasteiger partial charge in [-0.15, -0.1) is 0 Å². The summed E-state index contributed by atoms with van der Waals surface area (Å²) in [5.41, 5.74) is 1.35. The number of aromatic nitrogens is 2. The van der Waals surface area contributed by atoms with Gasteiger partial charge in [0.1, 0.15) is 25.0 Å². The van der Waals surface area contributed by atoms with Crippen molar-refractivity contribution in [3.8, 4) is 22.8 Å². The quantitative estimate of drug-likeness (QED) is 0.708. The second kappa shape index (κ2) is 7.58. The Balaban J connectivity index is 1.39. The first-order valence-corrected chi connectivity index (χ1v) is 11.0. The Morgan fingerprint density at radius 3 is 3.03 bits per heavy atom. The molecule has 0 saturated carbocycles. The van der Waals surface area contributed by atoms with Crippen molar-refractivity contribution in [3.63, 3.8) is 0 Å². The van der Waals surface area contributed by atoms with E-state index in [9.17, 15) is 5.11 Å². The molecule has 0 amide bonds. The van der Waals surface area contributed by atoms with Gasteiger partial charge in [0.25, 0.3) is 0 Å². The van der Waals surface area contributed by atoms with Crippen molar-refractivity contribution >= 4 is 23.2 Å². The SMILES string of the molecule is C[C@@H]1COc2c(-c3nc(N[C@@H]4C[C@H]5CO[C@H](O5)[C@H]4O)ncc3Cl)cc(F)c3c2N1CCO3. The second-order valence-electron chi connectivity index (χ2n) is 8.44. The maximum absolute atomic E-state index is 15.0. The summed E-state index contributed by atoms with van der Waals surface area (Å²) in [6.07, 6.45) is 0.374. The molecule has 0 spiro atoms. The normalized spacial score (nSPS) is 30.4. The molecule has 2 aromatic rings. The van der Waals surface area contributed by atoms with Crippen LogP contribution in [0, 0.1) is 5.82 Å². The molecule has 9 nitrogen and oxygen atoms in total. The number of hydrogen-bond donors (Lipinski definition) is 2. The van der Waals surface area contributed by atoms with Crippen LogP contribution in [0.3, 0.4) is 0 Å².